The molecule has 2 heterocycles. The fraction of sp³-hybridized carbons (Fsp3) is 0.500. The monoisotopic (exact) mass is 328 g/mol. The zero-order valence-corrected chi connectivity index (χ0v) is 12.8. The SMILES string of the molecule is CNC(=O)C1CC2CN(S(=O)(=O)c3cccc(F)c3)CC1O2. The van der Waals surface area contributed by atoms with Gasteiger partial charge in [0.15, 0.2) is 0 Å². The van der Waals surface area contributed by atoms with Crippen LogP contribution < -0.4 is 5.32 Å². The van der Waals surface area contributed by atoms with Crippen LogP contribution >= 0.6 is 0 Å². The third kappa shape index (κ3) is 2.62. The summed E-state index contributed by atoms with van der Waals surface area (Å²) in [6, 6.07) is 4.93. The molecule has 0 aliphatic carbocycles. The lowest BCUT2D eigenvalue weighted by molar-refractivity contribution is -0.126. The van der Waals surface area contributed by atoms with Gasteiger partial charge >= 0.3 is 0 Å². The zero-order valence-electron chi connectivity index (χ0n) is 12.0. The number of morpholine rings is 1. The molecule has 3 rings (SSSR count). The maximum absolute atomic E-state index is 13.3. The van der Waals surface area contributed by atoms with E-state index in [4.69, 9.17) is 4.74 Å². The van der Waals surface area contributed by atoms with Gasteiger partial charge in [-0.15, -0.1) is 0 Å². The van der Waals surface area contributed by atoms with Crippen LogP contribution in [0.5, 0.6) is 0 Å². The van der Waals surface area contributed by atoms with E-state index in [1.165, 1.54) is 22.5 Å². The summed E-state index contributed by atoms with van der Waals surface area (Å²) >= 11 is 0. The van der Waals surface area contributed by atoms with Crippen LogP contribution in [0, 0.1) is 11.7 Å². The molecule has 3 unspecified atom stereocenters. The Morgan fingerprint density at radius 1 is 1.41 bits per heavy atom. The number of hydrogen-bond acceptors (Lipinski definition) is 4. The van der Waals surface area contributed by atoms with E-state index in [0.29, 0.717) is 6.42 Å². The number of hydrogen-bond donors (Lipinski definition) is 1. The first kappa shape index (κ1) is 15.4. The molecule has 2 bridgehead atoms. The van der Waals surface area contributed by atoms with Gasteiger partial charge in [-0.05, 0) is 24.6 Å². The van der Waals surface area contributed by atoms with Crippen LogP contribution in [0.15, 0.2) is 29.2 Å². The highest BCUT2D eigenvalue weighted by Crippen LogP contribution is 2.34. The van der Waals surface area contributed by atoms with Crippen molar-refractivity contribution in [2.75, 3.05) is 20.1 Å². The lowest BCUT2D eigenvalue weighted by Crippen LogP contribution is -2.47. The number of ether oxygens (including phenoxy) is 1. The minimum Gasteiger partial charge on any atom is -0.371 e. The summed E-state index contributed by atoms with van der Waals surface area (Å²) in [7, 11) is -2.24. The Morgan fingerprint density at radius 3 is 2.86 bits per heavy atom. The van der Waals surface area contributed by atoms with Gasteiger partial charge in [0.25, 0.3) is 0 Å². The summed E-state index contributed by atoms with van der Waals surface area (Å²) < 4.78 is 45.5. The van der Waals surface area contributed by atoms with Crippen molar-refractivity contribution in [1.29, 1.82) is 0 Å². The Labute approximate surface area is 128 Å². The predicted molar refractivity (Wildman–Crippen MR) is 76.0 cm³/mol. The Morgan fingerprint density at radius 2 is 2.18 bits per heavy atom. The highest BCUT2D eigenvalue weighted by atomic mass is 32.2. The highest BCUT2D eigenvalue weighted by molar-refractivity contribution is 7.89. The number of benzene rings is 1. The molecule has 2 fully saturated rings. The Balaban J connectivity index is 1.84. The third-order valence-electron chi connectivity index (χ3n) is 4.14. The van der Waals surface area contributed by atoms with E-state index in [2.05, 4.69) is 5.32 Å². The lowest BCUT2D eigenvalue weighted by Gasteiger charge is -2.31. The van der Waals surface area contributed by atoms with E-state index < -0.39 is 21.9 Å². The molecule has 2 saturated heterocycles. The van der Waals surface area contributed by atoms with Gasteiger partial charge in [0.1, 0.15) is 5.82 Å². The first-order valence-corrected chi connectivity index (χ1v) is 8.48. The van der Waals surface area contributed by atoms with E-state index >= 15 is 0 Å². The summed E-state index contributed by atoms with van der Waals surface area (Å²) in [5.41, 5.74) is 0. The number of sulfonamides is 1. The van der Waals surface area contributed by atoms with Gasteiger partial charge in [0.2, 0.25) is 15.9 Å². The predicted octanol–water partition coefficient (Wildman–Crippen LogP) is 0.350. The first-order chi connectivity index (χ1) is 10.4. The van der Waals surface area contributed by atoms with Crippen LogP contribution in [-0.4, -0.2) is 51.0 Å². The molecule has 1 N–H and O–H groups in total. The second-order valence-corrected chi connectivity index (χ2v) is 7.47. The number of carbonyl (C=O) groups excluding carboxylic acids is 1. The second kappa shape index (κ2) is 5.60. The van der Waals surface area contributed by atoms with E-state index in [-0.39, 0.29) is 35.9 Å². The molecular formula is C14H17FN2O4S. The number of fused-ring (bicyclic) bond motifs is 2. The molecule has 1 aromatic carbocycles. The number of halogens is 1. The number of rotatable bonds is 3. The molecule has 1 aromatic rings. The molecule has 0 radical (unpaired) electrons. The van der Waals surface area contributed by atoms with Gasteiger partial charge in [0.05, 0.1) is 23.0 Å². The van der Waals surface area contributed by atoms with Crippen molar-refractivity contribution in [2.45, 2.75) is 23.5 Å². The first-order valence-electron chi connectivity index (χ1n) is 7.04. The molecule has 0 aromatic heterocycles. The summed E-state index contributed by atoms with van der Waals surface area (Å²) in [6.07, 6.45) is -0.258. The van der Waals surface area contributed by atoms with Crippen molar-refractivity contribution in [3.63, 3.8) is 0 Å². The van der Waals surface area contributed by atoms with Crippen molar-refractivity contribution in [2.24, 2.45) is 5.92 Å². The van der Waals surface area contributed by atoms with Gasteiger partial charge in [-0.3, -0.25) is 4.79 Å². The van der Waals surface area contributed by atoms with Crippen LogP contribution in [0.4, 0.5) is 4.39 Å². The molecular weight excluding hydrogens is 311 g/mol. The number of nitrogens with one attached hydrogen (secondary N) is 1. The van der Waals surface area contributed by atoms with Gasteiger partial charge in [-0.1, -0.05) is 6.07 Å². The van der Waals surface area contributed by atoms with Gasteiger partial charge in [-0.25, -0.2) is 12.8 Å². The van der Waals surface area contributed by atoms with Gasteiger partial charge in [-0.2, -0.15) is 4.31 Å². The Hall–Kier alpha value is -1.51. The Kier molecular flexibility index (Phi) is 3.92. The fourth-order valence-electron chi connectivity index (χ4n) is 3.06. The lowest BCUT2D eigenvalue weighted by atomic mass is 10.00. The maximum Gasteiger partial charge on any atom is 0.243 e. The molecule has 6 nitrogen and oxygen atoms in total. The molecule has 2 aliphatic rings. The summed E-state index contributed by atoms with van der Waals surface area (Å²) in [4.78, 5) is 11.7. The normalized spacial score (nSPS) is 28.5. The minimum atomic E-state index is -3.78. The van der Waals surface area contributed by atoms with Crippen molar-refractivity contribution in [3.8, 4) is 0 Å². The fourth-order valence-corrected chi connectivity index (χ4v) is 4.57. The largest absolute Gasteiger partial charge is 0.371 e. The highest BCUT2D eigenvalue weighted by Gasteiger charge is 2.47. The van der Waals surface area contributed by atoms with Crippen LogP contribution in [0.1, 0.15) is 6.42 Å². The van der Waals surface area contributed by atoms with Crippen LogP contribution in [0.2, 0.25) is 0 Å². The molecule has 0 saturated carbocycles. The quantitative estimate of drug-likeness (QED) is 0.869. The summed E-state index contributed by atoms with van der Waals surface area (Å²) in [5.74, 6) is -1.08. The van der Waals surface area contributed by atoms with E-state index in [0.717, 1.165) is 6.07 Å². The number of nitrogens with zero attached hydrogens (tertiary/aromatic N) is 1. The van der Waals surface area contributed by atoms with Crippen molar-refractivity contribution in [3.05, 3.63) is 30.1 Å². The average molecular weight is 328 g/mol. The molecule has 0 spiro atoms. The summed E-state index contributed by atoms with van der Waals surface area (Å²) in [6.45, 7) is 0.288. The molecule has 22 heavy (non-hydrogen) atoms. The van der Waals surface area contributed by atoms with Crippen molar-refractivity contribution in [1.82, 2.24) is 9.62 Å². The molecule has 3 atom stereocenters. The third-order valence-corrected chi connectivity index (χ3v) is 5.97. The molecule has 2 aliphatic heterocycles. The standard InChI is InChI=1S/C14H17FN2O4S/c1-16-14(18)12-6-10-7-17(8-13(12)21-10)22(19,20)11-4-2-3-9(15)5-11/h2-5,10,12-13H,6-8H2,1H3,(H,16,18). The second-order valence-electron chi connectivity index (χ2n) is 5.53. The molecule has 120 valence electrons. The van der Waals surface area contributed by atoms with Crippen LogP contribution in [0.25, 0.3) is 0 Å². The molecule has 1 amide bonds. The van der Waals surface area contributed by atoms with Crippen molar-refractivity contribution < 1.29 is 22.3 Å². The van der Waals surface area contributed by atoms with E-state index in [1.807, 2.05) is 0 Å². The van der Waals surface area contributed by atoms with Crippen LogP contribution in [0.3, 0.4) is 0 Å². The molecule has 8 heteroatoms. The van der Waals surface area contributed by atoms with Gasteiger partial charge < -0.3 is 10.1 Å². The Bertz CT molecular complexity index is 694. The van der Waals surface area contributed by atoms with Gasteiger partial charge in [0, 0.05) is 20.1 Å². The van der Waals surface area contributed by atoms with Crippen LogP contribution in [-0.2, 0) is 19.6 Å². The van der Waals surface area contributed by atoms with E-state index in [1.54, 1.807) is 7.05 Å². The smallest absolute Gasteiger partial charge is 0.243 e. The maximum atomic E-state index is 13.3. The average Bonchev–Trinajstić information content (AvgIpc) is 2.80. The number of amides is 1. The zero-order chi connectivity index (χ0) is 15.9. The summed E-state index contributed by atoms with van der Waals surface area (Å²) in [5, 5.41) is 2.58. The number of carbonyl (C=O) groups is 1. The minimum absolute atomic E-state index is 0.0784. The topological polar surface area (TPSA) is 75.7 Å². The van der Waals surface area contributed by atoms with E-state index in [9.17, 15) is 17.6 Å². The van der Waals surface area contributed by atoms with Crippen molar-refractivity contribution >= 4 is 15.9 Å².